The Labute approximate surface area is 104 Å². The number of nitrogens with zero attached hydrogens (tertiary/aromatic N) is 1. The second-order valence-corrected chi connectivity index (χ2v) is 6.08. The largest absolute Gasteiger partial charge is 0.399 e. The summed E-state index contributed by atoms with van der Waals surface area (Å²) in [6.07, 6.45) is 1.28. The normalized spacial score (nSPS) is 12.1. The van der Waals surface area contributed by atoms with E-state index in [9.17, 15) is 13.2 Å². The standard InChI is InChI=1S/C11H15N3O3S/c1-2-3-6-18(16,17)14-10-5-4-8(12)7-9(10)13-11(14)15/h4-5,7H,2-3,6,12H2,1H3,(H,13,15). The quantitative estimate of drug-likeness (QED) is 0.805. The lowest BCUT2D eigenvalue weighted by atomic mass is 10.3. The van der Waals surface area contributed by atoms with Crippen LogP contribution >= 0.6 is 0 Å². The highest BCUT2D eigenvalue weighted by Gasteiger charge is 2.19. The van der Waals surface area contributed by atoms with Gasteiger partial charge in [-0.15, -0.1) is 0 Å². The maximum absolute atomic E-state index is 12.1. The van der Waals surface area contributed by atoms with Crippen molar-refractivity contribution in [1.29, 1.82) is 0 Å². The molecule has 0 aliphatic carbocycles. The molecule has 0 saturated heterocycles. The summed E-state index contributed by atoms with van der Waals surface area (Å²) in [6, 6.07) is 4.65. The molecule has 0 radical (unpaired) electrons. The summed E-state index contributed by atoms with van der Waals surface area (Å²) in [5.41, 5.74) is 6.19. The molecule has 0 bridgehead atoms. The van der Waals surface area contributed by atoms with Crippen molar-refractivity contribution in [3.63, 3.8) is 0 Å². The van der Waals surface area contributed by atoms with Gasteiger partial charge in [0.1, 0.15) is 0 Å². The molecule has 0 saturated carbocycles. The number of hydrogen-bond acceptors (Lipinski definition) is 4. The van der Waals surface area contributed by atoms with Crippen molar-refractivity contribution in [1.82, 2.24) is 8.96 Å². The van der Waals surface area contributed by atoms with E-state index in [0.29, 0.717) is 23.1 Å². The molecule has 0 aliphatic heterocycles. The number of benzene rings is 1. The summed E-state index contributed by atoms with van der Waals surface area (Å²) in [7, 11) is -3.62. The molecule has 98 valence electrons. The van der Waals surface area contributed by atoms with Gasteiger partial charge < -0.3 is 10.7 Å². The Balaban J connectivity index is 2.64. The first-order valence-corrected chi connectivity index (χ1v) is 7.30. The average Bonchev–Trinajstić information content (AvgIpc) is 2.62. The van der Waals surface area contributed by atoms with E-state index in [1.165, 1.54) is 6.07 Å². The molecule has 3 N–H and O–H groups in total. The zero-order chi connectivity index (χ0) is 13.3. The third-order valence-corrected chi connectivity index (χ3v) is 4.42. The van der Waals surface area contributed by atoms with Gasteiger partial charge in [0.15, 0.2) is 0 Å². The van der Waals surface area contributed by atoms with Crippen molar-refractivity contribution in [2.45, 2.75) is 19.8 Å². The topological polar surface area (TPSA) is 98.0 Å². The predicted molar refractivity (Wildman–Crippen MR) is 71.1 cm³/mol. The van der Waals surface area contributed by atoms with Gasteiger partial charge in [-0.05, 0) is 24.6 Å². The molecule has 7 heteroatoms. The van der Waals surface area contributed by atoms with Crippen LogP contribution in [0.2, 0.25) is 0 Å². The molecule has 0 unspecified atom stereocenters. The second kappa shape index (κ2) is 4.49. The number of nitrogens with one attached hydrogen (secondary N) is 1. The van der Waals surface area contributed by atoms with Gasteiger partial charge in [0.05, 0.1) is 16.8 Å². The van der Waals surface area contributed by atoms with Crippen molar-refractivity contribution in [3.8, 4) is 0 Å². The van der Waals surface area contributed by atoms with Crippen molar-refractivity contribution in [3.05, 3.63) is 28.7 Å². The Morgan fingerprint density at radius 1 is 1.39 bits per heavy atom. The van der Waals surface area contributed by atoms with Crippen molar-refractivity contribution >= 4 is 26.7 Å². The van der Waals surface area contributed by atoms with Gasteiger partial charge in [0.25, 0.3) is 0 Å². The minimum absolute atomic E-state index is 0.0409. The number of hydrogen-bond donors (Lipinski definition) is 2. The Kier molecular flexibility index (Phi) is 3.16. The molecule has 0 fully saturated rings. The van der Waals surface area contributed by atoms with E-state index in [4.69, 9.17) is 5.73 Å². The summed E-state index contributed by atoms with van der Waals surface area (Å²) >= 11 is 0. The van der Waals surface area contributed by atoms with E-state index in [-0.39, 0.29) is 5.75 Å². The minimum Gasteiger partial charge on any atom is -0.399 e. The summed E-state index contributed by atoms with van der Waals surface area (Å²) in [6.45, 7) is 1.90. The molecule has 0 amide bonds. The van der Waals surface area contributed by atoms with E-state index in [1.807, 2.05) is 6.92 Å². The highest BCUT2D eigenvalue weighted by Crippen LogP contribution is 2.16. The van der Waals surface area contributed by atoms with E-state index in [2.05, 4.69) is 4.98 Å². The number of nitrogen functional groups attached to an aromatic ring is 1. The second-order valence-electron chi connectivity index (χ2n) is 4.14. The first kappa shape index (κ1) is 12.7. The van der Waals surface area contributed by atoms with Gasteiger partial charge in [-0.25, -0.2) is 13.2 Å². The number of fused-ring (bicyclic) bond motifs is 1. The van der Waals surface area contributed by atoms with Gasteiger partial charge in [-0.3, -0.25) is 0 Å². The van der Waals surface area contributed by atoms with Crippen LogP contribution in [0, 0.1) is 0 Å². The fourth-order valence-electron chi connectivity index (χ4n) is 1.80. The number of aromatic nitrogens is 2. The van der Waals surface area contributed by atoms with Crippen LogP contribution in [0.3, 0.4) is 0 Å². The maximum Gasteiger partial charge on any atom is 0.340 e. The number of anilines is 1. The van der Waals surface area contributed by atoms with Crippen LogP contribution < -0.4 is 11.4 Å². The Morgan fingerprint density at radius 2 is 2.11 bits per heavy atom. The fraction of sp³-hybridized carbons (Fsp3) is 0.364. The third-order valence-electron chi connectivity index (χ3n) is 2.70. The van der Waals surface area contributed by atoms with Crippen molar-refractivity contribution < 1.29 is 8.42 Å². The van der Waals surface area contributed by atoms with E-state index in [0.717, 1.165) is 10.4 Å². The van der Waals surface area contributed by atoms with Crippen LogP contribution in [0.15, 0.2) is 23.0 Å². The highest BCUT2D eigenvalue weighted by atomic mass is 32.2. The Hall–Kier alpha value is -1.76. The molecule has 0 spiro atoms. The average molecular weight is 269 g/mol. The summed E-state index contributed by atoms with van der Waals surface area (Å²) in [4.78, 5) is 14.2. The molecule has 18 heavy (non-hydrogen) atoms. The van der Waals surface area contributed by atoms with E-state index in [1.54, 1.807) is 12.1 Å². The molecule has 1 heterocycles. The number of imidazole rings is 1. The molecule has 2 rings (SSSR count). The molecule has 6 nitrogen and oxygen atoms in total. The van der Waals surface area contributed by atoms with Gasteiger partial charge in [0, 0.05) is 5.69 Å². The number of aromatic amines is 1. The van der Waals surface area contributed by atoms with Crippen LogP contribution in [0.5, 0.6) is 0 Å². The molecule has 1 aromatic heterocycles. The van der Waals surface area contributed by atoms with Crippen LogP contribution in [-0.2, 0) is 10.0 Å². The summed E-state index contributed by atoms with van der Waals surface area (Å²) < 4.78 is 25.0. The lowest BCUT2D eigenvalue weighted by molar-refractivity contribution is 0.583. The summed E-state index contributed by atoms with van der Waals surface area (Å²) in [5, 5.41) is 0. The molecular weight excluding hydrogens is 254 g/mol. The molecule has 2 aromatic rings. The number of H-pyrrole nitrogens is 1. The lowest BCUT2D eigenvalue weighted by Crippen LogP contribution is -2.27. The molecule has 1 aromatic carbocycles. The van der Waals surface area contributed by atoms with Gasteiger partial charge in [-0.2, -0.15) is 3.97 Å². The van der Waals surface area contributed by atoms with Gasteiger partial charge >= 0.3 is 5.69 Å². The Bertz CT molecular complexity index is 728. The molecular formula is C11H15N3O3S. The van der Waals surface area contributed by atoms with Crippen LogP contribution in [-0.4, -0.2) is 23.1 Å². The number of nitrogens with two attached hydrogens (primary N) is 1. The fourth-order valence-corrected chi connectivity index (χ4v) is 3.39. The monoisotopic (exact) mass is 269 g/mol. The zero-order valence-electron chi connectivity index (χ0n) is 10.0. The minimum atomic E-state index is -3.62. The van der Waals surface area contributed by atoms with Gasteiger partial charge in [0.2, 0.25) is 10.0 Å². The van der Waals surface area contributed by atoms with E-state index < -0.39 is 15.7 Å². The van der Waals surface area contributed by atoms with Crippen molar-refractivity contribution in [2.75, 3.05) is 11.5 Å². The molecule has 0 aliphatic rings. The Morgan fingerprint density at radius 3 is 2.78 bits per heavy atom. The maximum atomic E-state index is 12.1. The zero-order valence-corrected chi connectivity index (χ0v) is 10.8. The highest BCUT2D eigenvalue weighted by molar-refractivity contribution is 7.90. The first-order valence-electron chi connectivity index (χ1n) is 5.69. The predicted octanol–water partition coefficient (Wildman–Crippen LogP) is 0.890. The number of unbranched alkanes of at least 4 members (excludes halogenated alkanes) is 1. The van der Waals surface area contributed by atoms with Crippen LogP contribution in [0.25, 0.3) is 11.0 Å². The van der Waals surface area contributed by atoms with Gasteiger partial charge in [-0.1, -0.05) is 13.3 Å². The van der Waals surface area contributed by atoms with Crippen LogP contribution in [0.1, 0.15) is 19.8 Å². The van der Waals surface area contributed by atoms with E-state index >= 15 is 0 Å². The lowest BCUT2D eigenvalue weighted by Gasteiger charge is -2.04. The van der Waals surface area contributed by atoms with Crippen LogP contribution in [0.4, 0.5) is 5.69 Å². The van der Waals surface area contributed by atoms with Crippen molar-refractivity contribution in [2.24, 2.45) is 0 Å². The molecule has 0 atom stereocenters. The smallest absolute Gasteiger partial charge is 0.340 e. The number of rotatable bonds is 4. The third kappa shape index (κ3) is 2.13. The summed E-state index contributed by atoms with van der Waals surface area (Å²) in [5.74, 6) is -0.0409. The first-order chi connectivity index (χ1) is 8.45. The SMILES string of the molecule is CCCCS(=O)(=O)n1c(=O)[nH]c2cc(N)ccc21.